The normalized spacial score (nSPS) is 18.0. The van der Waals surface area contributed by atoms with E-state index >= 15 is 0 Å². The number of hydrogen-bond donors (Lipinski definition) is 1. The van der Waals surface area contributed by atoms with E-state index in [2.05, 4.69) is 18.7 Å². The second-order valence-corrected chi connectivity index (χ2v) is 5.32. The Kier molecular flexibility index (Phi) is 7.06. The van der Waals surface area contributed by atoms with Crippen LogP contribution in [0.15, 0.2) is 0 Å². The van der Waals surface area contributed by atoms with Crippen molar-refractivity contribution in [1.29, 1.82) is 0 Å². The van der Waals surface area contributed by atoms with Gasteiger partial charge in [0.2, 0.25) is 0 Å². The maximum atomic E-state index is 5.94. The summed E-state index contributed by atoms with van der Waals surface area (Å²) >= 11 is 0. The second kappa shape index (κ2) is 8.08. The molecule has 1 atom stereocenters. The van der Waals surface area contributed by atoms with Gasteiger partial charge in [0.25, 0.3) is 0 Å². The van der Waals surface area contributed by atoms with E-state index in [-0.39, 0.29) is 0 Å². The van der Waals surface area contributed by atoms with E-state index in [0.717, 1.165) is 12.5 Å². The number of unbranched alkanes of at least 4 members (excludes halogenated alkanes) is 2. The molecule has 2 N–H and O–H groups in total. The van der Waals surface area contributed by atoms with Crippen molar-refractivity contribution < 1.29 is 0 Å². The first-order valence-corrected chi connectivity index (χ1v) is 7.25. The molecule has 1 saturated carbocycles. The highest BCUT2D eigenvalue weighted by atomic mass is 15.2. The predicted molar refractivity (Wildman–Crippen MR) is 71.6 cm³/mol. The fourth-order valence-electron chi connectivity index (χ4n) is 2.42. The number of hydrogen-bond acceptors (Lipinski definition) is 2. The molecule has 1 rings (SSSR count). The third-order valence-electron chi connectivity index (χ3n) is 3.63. The van der Waals surface area contributed by atoms with E-state index in [1.165, 1.54) is 58.0 Å². The number of nitrogens with two attached hydrogens (primary N) is 1. The summed E-state index contributed by atoms with van der Waals surface area (Å²) in [4.78, 5) is 2.66. The highest BCUT2D eigenvalue weighted by Crippen LogP contribution is 2.30. The molecular formula is C14H30N2. The van der Waals surface area contributed by atoms with E-state index in [0.29, 0.717) is 6.04 Å². The molecule has 0 aliphatic heterocycles. The topological polar surface area (TPSA) is 29.3 Å². The summed E-state index contributed by atoms with van der Waals surface area (Å²) in [5.41, 5.74) is 5.94. The minimum Gasteiger partial charge on any atom is -0.329 e. The maximum absolute atomic E-state index is 5.94. The lowest BCUT2D eigenvalue weighted by Gasteiger charge is -2.30. The molecule has 0 radical (unpaired) electrons. The Labute approximate surface area is 102 Å². The Bertz CT molecular complexity index is 166. The molecule has 0 saturated heterocycles. The number of rotatable bonds is 10. The molecule has 0 aromatic heterocycles. The van der Waals surface area contributed by atoms with E-state index < -0.39 is 0 Å². The molecule has 96 valence electrons. The molecule has 0 aromatic rings. The van der Waals surface area contributed by atoms with Gasteiger partial charge in [0.05, 0.1) is 0 Å². The zero-order valence-electron chi connectivity index (χ0n) is 11.3. The summed E-state index contributed by atoms with van der Waals surface area (Å²) in [6.45, 7) is 7.94. The zero-order valence-corrected chi connectivity index (χ0v) is 11.3. The minimum atomic E-state index is 0.645. The van der Waals surface area contributed by atoms with Gasteiger partial charge in [-0.15, -0.1) is 0 Å². The quantitative estimate of drug-likeness (QED) is 0.580. The standard InChI is InChI=1S/C14H30N2/c1-3-5-6-7-14(11-15)16(10-4-2)12-13-8-9-13/h13-14H,3-12,15H2,1-2H3. The molecule has 0 spiro atoms. The number of nitrogens with zero attached hydrogens (tertiary/aromatic N) is 1. The Morgan fingerprint density at radius 3 is 2.44 bits per heavy atom. The Morgan fingerprint density at radius 1 is 1.19 bits per heavy atom. The molecule has 1 aliphatic carbocycles. The van der Waals surface area contributed by atoms with Crippen LogP contribution in [0.25, 0.3) is 0 Å². The van der Waals surface area contributed by atoms with Gasteiger partial charge in [0.1, 0.15) is 0 Å². The summed E-state index contributed by atoms with van der Waals surface area (Å²) < 4.78 is 0. The molecule has 1 aliphatic rings. The average molecular weight is 226 g/mol. The highest BCUT2D eigenvalue weighted by molar-refractivity contribution is 4.81. The second-order valence-electron chi connectivity index (χ2n) is 5.32. The largest absolute Gasteiger partial charge is 0.329 e. The Hall–Kier alpha value is -0.0800. The van der Waals surface area contributed by atoms with Crippen LogP contribution in [0, 0.1) is 5.92 Å². The molecule has 2 heteroatoms. The summed E-state index contributed by atoms with van der Waals surface area (Å²) in [6.07, 6.45) is 9.49. The molecule has 2 nitrogen and oxygen atoms in total. The zero-order chi connectivity index (χ0) is 11.8. The van der Waals surface area contributed by atoms with Gasteiger partial charge in [-0.25, -0.2) is 0 Å². The Morgan fingerprint density at radius 2 is 1.94 bits per heavy atom. The first kappa shape index (κ1) is 14.0. The van der Waals surface area contributed by atoms with Crippen molar-refractivity contribution >= 4 is 0 Å². The van der Waals surface area contributed by atoms with Crippen molar-refractivity contribution in [3.05, 3.63) is 0 Å². The van der Waals surface area contributed by atoms with Crippen LogP contribution >= 0.6 is 0 Å². The highest BCUT2D eigenvalue weighted by Gasteiger charge is 2.26. The molecule has 16 heavy (non-hydrogen) atoms. The third-order valence-corrected chi connectivity index (χ3v) is 3.63. The van der Waals surface area contributed by atoms with Gasteiger partial charge in [0.15, 0.2) is 0 Å². The third kappa shape index (κ3) is 5.31. The van der Waals surface area contributed by atoms with E-state index in [1.807, 2.05) is 0 Å². The van der Waals surface area contributed by atoms with Crippen molar-refractivity contribution in [3.8, 4) is 0 Å². The summed E-state index contributed by atoms with van der Waals surface area (Å²) in [5, 5.41) is 0. The van der Waals surface area contributed by atoms with Crippen LogP contribution in [0.5, 0.6) is 0 Å². The van der Waals surface area contributed by atoms with Crippen LogP contribution in [0.2, 0.25) is 0 Å². The molecule has 0 aromatic carbocycles. The van der Waals surface area contributed by atoms with Crippen molar-refractivity contribution in [3.63, 3.8) is 0 Å². The van der Waals surface area contributed by atoms with Crippen molar-refractivity contribution in [2.75, 3.05) is 19.6 Å². The lowest BCUT2D eigenvalue weighted by Crippen LogP contribution is -2.42. The van der Waals surface area contributed by atoms with Gasteiger partial charge in [-0.1, -0.05) is 33.1 Å². The summed E-state index contributed by atoms with van der Waals surface area (Å²) in [5.74, 6) is 0.992. The summed E-state index contributed by atoms with van der Waals surface area (Å²) in [7, 11) is 0. The minimum absolute atomic E-state index is 0.645. The van der Waals surface area contributed by atoms with Crippen LogP contribution in [0.4, 0.5) is 0 Å². The monoisotopic (exact) mass is 226 g/mol. The van der Waals surface area contributed by atoms with Crippen LogP contribution in [-0.4, -0.2) is 30.6 Å². The fourth-order valence-corrected chi connectivity index (χ4v) is 2.42. The molecule has 1 unspecified atom stereocenters. The first-order valence-electron chi connectivity index (χ1n) is 7.25. The molecule has 0 amide bonds. The SMILES string of the molecule is CCCCCC(CN)N(CCC)CC1CC1. The van der Waals surface area contributed by atoms with Crippen molar-refractivity contribution in [2.24, 2.45) is 11.7 Å². The summed E-state index contributed by atoms with van der Waals surface area (Å²) in [6, 6.07) is 0.645. The average Bonchev–Trinajstić information content (AvgIpc) is 3.08. The van der Waals surface area contributed by atoms with Gasteiger partial charge in [0, 0.05) is 19.1 Å². The lowest BCUT2D eigenvalue weighted by molar-refractivity contribution is 0.180. The van der Waals surface area contributed by atoms with E-state index in [4.69, 9.17) is 5.73 Å². The fraction of sp³-hybridized carbons (Fsp3) is 1.00. The smallest absolute Gasteiger partial charge is 0.0218 e. The van der Waals surface area contributed by atoms with Gasteiger partial charge < -0.3 is 5.73 Å². The van der Waals surface area contributed by atoms with Gasteiger partial charge in [-0.3, -0.25) is 4.90 Å². The van der Waals surface area contributed by atoms with Crippen molar-refractivity contribution in [2.45, 2.75) is 64.8 Å². The van der Waals surface area contributed by atoms with E-state index in [9.17, 15) is 0 Å². The van der Waals surface area contributed by atoms with Gasteiger partial charge >= 0.3 is 0 Å². The molecule has 0 heterocycles. The van der Waals surface area contributed by atoms with Crippen LogP contribution in [0.1, 0.15) is 58.8 Å². The lowest BCUT2D eigenvalue weighted by atomic mass is 10.1. The van der Waals surface area contributed by atoms with Gasteiger partial charge in [-0.2, -0.15) is 0 Å². The van der Waals surface area contributed by atoms with E-state index in [1.54, 1.807) is 0 Å². The molecular weight excluding hydrogens is 196 g/mol. The van der Waals surface area contributed by atoms with Crippen LogP contribution in [0.3, 0.4) is 0 Å². The van der Waals surface area contributed by atoms with Crippen molar-refractivity contribution in [1.82, 2.24) is 4.90 Å². The maximum Gasteiger partial charge on any atom is 0.0218 e. The molecule has 1 fully saturated rings. The predicted octanol–water partition coefficient (Wildman–Crippen LogP) is 3.02. The Balaban J connectivity index is 2.30. The van der Waals surface area contributed by atoms with Gasteiger partial charge in [-0.05, 0) is 38.1 Å². The first-order chi connectivity index (χ1) is 7.81. The molecule has 0 bridgehead atoms. The van der Waals surface area contributed by atoms with Crippen LogP contribution < -0.4 is 5.73 Å². The van der Waals surface area contributed by atoms with Crippen LogP contribution in [-0.2, 0) is 0 Å².